The number of hydrogen-bond acceptors (Lipinski definition) is 6. The zero-order valence-corrected chi connectivity index (χ0v) is 21.6. The first-order valence-corrected chi connectivity index (χ1v) is 13.8. The van der Waals surface area contributed by atoms with Crippen LogP contribution in [-0.2, 0) is 19.1 Å². The zero-order chi connectivity index (χ0) is 33.3. The summed E-state index contributed by atoms with van der Waals surface area (Å²) in [4.78, 5) is 26.4. The van der Waals surface area contributed by atoms with Crippen molar-refractivity contribution in [1.29, 1.82) is 0 Å². The molecular weight excluding hydrogens is 458 g/mol. The summed E-state index contributed by atoms with van der Waals surface area (Å²) in [5, 5.41) is 0.209. The van der Waals surface area contributed by atoms with Crippen LogP contribution >= 0.6 is 11.8 Å². The van der Waals surface area contributed by atoms with Gasteiger partial charge in [-0.15, -0.1) is 0 Å². The van der Waals surface area contributed by atoms with Crippen LogP contribution in [0.1, 0.15) is 123 Å². The lowest BCUT2D eigenvalue weighted by molar-refractivity contribution is -0.145. The molecule has 0 radical (unpaired) electrons. The average Bonchev–Trinajstić information content (AvgIpc) is 3.51. The lowest BCUT2D eigenvalue weighted by atomic mass is 9.79. The first-order valence-electron chi connectivity index (χ1n) is 18.6. The molecule has 5 nitrogen and oxygen atoms in total. The molecular formula is C29H47NO4S. The molecule has 1 saturated heterocycles. The number of thioether (sulfide) groups is 1. The average molecular weight is 516 g/mol. The van der Waals surface area contributed by atoms with Crippen LogP contribution in [0.5, 0.6) is 0 Å². The summed E-state index contributed by atoms with van der Waals surface area (Å²) in [5.74, 6) is -1.13. The molecule has 3 saturated carbocycles. The van der Waals surface area contributed by atoms with E-state index in [1.165, 1.54) is 7.11 Å². The van der Waals surface area contributed by atoms with Crippen molar-refractivity contribution < 1.29 is 32.8 Å². The van der Waals surface area contributed by atoms with Gasteiger partial charge >= 0.3 is 11.9 Å². The highest BCUT2D eigenvalue weighted by molar-refractivity contribution is 8.00. The van der Waals surface area contributed by atoms with Crippen molar-refractivity contribution in [3.05, 3.63) is 11.6 Å². The summed E-state index contributed by atoms with van der Waals surface area (Å²) in [7, 11) is 1.22. The minimum Gasteiger partial charge on any atom is -0.465 e. The molecule has 4 rings (SSSR count). The summed E-state index contributed by atoms with van der Waals surface area (Å²) in [6.45, 7) is 1.81. The predicted molar refractivity (Wildman–Crippen MR) is 142 cm³/mol. The molecule has 4 aliphatic rings. The van der Waals surface area contributed by atoms with Crippen LogP contribution in [-0.4, -0.2) is 59.2 Å². The van der Waals surface area contributed by atoms with Gasteiger partial charge < -0.3 is 9.47 Å². The van der Waals surface area contributed by atoms with Gasteiger partial charge in [-0.05, 0) is 83.0 Å². The molecule has 0 aromatic heterocycles. The number of esters is 2. The number of methoxy groups -OCH3 is 1. The second kappa shape index (κ2) is 13.5. The van der Waals surface area contributed by atoms with E-state index in [-0.39, 0.29) is 28.7 Å². The molecule has 0 aromatic rings. The fourth-order valence-electron chi connectivity index (χ4n) is 5.71. The topological polar surface area (TPSA) is 55.8 Å². The highest BCUT2D eigenvalue weighted by Crippen LogP contribution is 2.45. The molecule has 1 aliphatic heterocycles. The molecule has 198 valence electrons. The molecule has 1 heterocycles. The fraction of sp³-hybridized carbons (Fsp3) is 0.862. The highest BCUT2D eigenvalue weighted by Gasteiger charge is 2.39. The Morgan fingerprint density at radius 2 is 1.46 bits per heavy atom. The van der Waals surface area contributed by atoms with E-state index >= 15 is 0 Å². The van der Waals surface area contributed by atoms with E-state index in [9.17, 15) is 9.59 Å². The fourth-order valence-corrected chi connectivity index (χ4v) is 7.41. The van der Waals surface area contributed by atoms with Gasteiger partial charge in [0, 0.05) is 42.3 Å². The number of rotatable bonds is 8. The minimum absolute atomic E-state index is 0.0601. The van der Waals surface area contributed by atoms with Crippen molar-refractivity contribution in [2.45, 2.75) is 138 Å². The zero-order valence-electron chi connectivity index (χ0n) is 30.8. The molecule has 10 atom stereocenters. The van der Waals surface area contributed by atoms with Crippen molar-refractivity contribution in [1.82, 2.24) is 4.90 Å². The summed E-state index contributed by atoms with van der Waals surface area (Å²) >= 11 is 1.71. The largest absolute Gasteiger partial charge is 0.465 e. The monoisotopic (exact) mass is 515 g/mol. The van der Waals surface area contributed by atoms with Gasteiger partial charge in [-0.1, -0.05) is 38.4 Å². The third-order valence-electron chi connectivity index (χ3n) is 7.39. The maximum absolute atomic E-state index is 12.4. The molecule has 6 heteroatoms. The Kier molecular flexibility index (Phi) is 6.47. The molecule has 0 spiro atoms. The van der Waals surface area contributed by atoms with Gasteiger partial charge in [0.05, 0.1) is 13.7 Å². The molecule has 35 heavy (non-hydrogen) atoms. The van der Waals surface area contributed by atoms with Crippen molar-refractivity contribution in [3.63, 3.8) is 0 Å². The van der Waals surface area contributed by atoms with Crippen LogP contribution < -0.4 is 0 Å². The van der Waals surface area contributed by atoms with E-state index in [0.29, 0.717) is 18.8 Å². The second-order valence-electron chi connectivity index (χ2n) is 9.50. The smallest absolute Gasteiger partial charge is 0.345 e. The minimum atomic E-state index is -1.23. The molecule has 0 amide bonds. The summed E-state index contributed by atoms with van der Waals surface area (Å²) in [5.41, 5.74) is -0.104. The molecule has 3 aliphatic carbocycles. The first-order chi connectivity index (χ1) is 21.2. The predicted octanol–water partition coefficient (Wildman–Crippen LogP) is 6.44. The van der Waals surface area contributed by atoms with Gasteiger partial charge in [-0.2, -0.15) is 11.8 Å². The standard InChI is InChI=1S/C29H47NO4S/c1-3-34-29(32)26(28(31)33-2)20-25-18-19-27(35-25)21-14-16-24(17-15-21)30(22-10-6-4-7-11-22)23-12-8-5-9-13-23/h20-25,27H,3-19H2,1-2H3/b26-20+/i4D,5D,6D,7D,8D,9D,10D,11D,12D,13D. The summed E-state index contributed by atoms with van der Waals surface area (Å²) in [6, 6.07) is -2.25. The molecule has 0 N–H and O–H groups in total. The van der Waals surface area contributed by atoms with Gasteiger partial charge in [0.25, 0.3) is 0 Å². The van der Waals surface area contributed by atoms with Gasteiger partial charge in [-0.25, -0.2) is 9.59 Å². The van der Waals surface area contributed by atoms with Crippen LogP contribution in [0.25, 0.3) is 0 Å². The SMILES string of the molecule is [2H]C1C([2H])C([2H])C(N(C2CCC(C3CCC(/C=C(\C(=O)OC)C(=O)OCC)S3)CC2)C2C([2H])C([2H])C([2H])C([2H])C2[2H])C([2H])C1[2H]. The summed E-state index contributed by atoms with van der Waals surface area (Å²) in [6.07, 6.45) is -6.12. The molecule has 0 bridgehead atoms. The van der Waals surface area contributed by atoms with Gasteiger partial charge in [0.15, 0.2) is 0 Å². The Morgan fingerprint density at radius 3 is 2.00 bits per heavy atom. The van der Waals surface area contributed by atoms with Crippen LogP contribution in [0.2, 0.25) is 0 Å². The van der Waals surface area contributed by atoms with Gasteiger partial charge in [-0.3, -0.25) is 4.90 Å². The van der Waals surface area contributed by atoms with E-state index in [1.807, 2.05) is 0 Å². The third kappa shape index (κ3) is 7.06. The van der Waals surface area contributed by atoms with Crippen molar-refractivity contribution in [3.8, 4) is 0 Å². The lowest BCUT2D eigenvalue weighted by Gasteiger charge is -2.48. The Hall–Kier alpha value is -1.01. The van der Waals surface area contributed by atoms with Crippen molar-refractivity contribution >= 4 is 23.7 Å². The number of carbonyl (C=O) groups excluding carboxylic acids is 2. The van der Waals surface area contributed by atoms with Crippen LogP contribution in [0.4, 0.5) is 0 Å². The maximum Gasteiger partial charge on any atom is 0.345 e. The Bertz CT molecular complexity index is 1000. The second-order valence-corrected chi connectivity index (χ2v) is 11.0. The highest BCUT2D eigenvalue weighted by atomic mass is 32.2. The number of carbonyl (C=O) groups is 2. The van der Waals surface area contributed by atoms with Crippen molar-refractivity contribution in [2.24, 2.45) is 5.92 Å². The van der Waals surface area contributed by atoms with Crippen molar-refractivity contribution in [2.75, 3.05) is 13.7 Å². The van der Waals surface area contributed by atoms with Gasteiger partial charge in [0.2, 0.25) is 0 Å². The Morgan fingerprint density at radius 1 is 0.857 bits per heavy atom. The van der Waals surface area contributed by atoms with Crippen LogP contribution in [0.15, 0.2) is 11.6 Å². The third-order valence-corrected chi connectivity index (χ3v) is 9.08. The van der Waals surface area contributed by atoms with E-state index in [0.717, 1.165) is 25.7 Å². The number of hydrogen-bond donors (Lipinski definition) is 0. The number of nitrogens with zero attached hydrogens (tertiary/aromatic N) is 1. The van der Waals surface area contributed by atoms with E-state index < -0.39 is 88.0 Å². The van der Waals surface area contributed by atoms with E-state index in [4.69, 9.17) is 23.2 Å². The normalized spacial score (nSPS) is 59.7. The summed E-state index contributed by atoms with van der Waals surface area (Å²) < 4.78 is 95.9. The van der Waals surface area contributed by atoms with Crippen LogP contribution in [0, 0.1) is 5.92 Å². The lowest BCUT2D eigenvalue weighted by Crippen LogP contribution is -2.52. The Labute approximate surface area is 231 Å². The number of ether oxygens (including phenoxy) is 2. The molecule has 0 aromatic carbocycles. The maximum atomic E-state index is 12.4. The quantitative estimate of drug-likeness (QED) is 0.160. The van der Waals surface area contributed by atoms with Crippen LogP contribution in [0.3, 0.4) is 0 Å². The van der Waals surface area contributed by atoms with E-state index in [1.54, 1.807) is 29.7 Å². The Balaban J connectivity index is 1.54. The molecule has 10 unspecified atom stereocenters. The van der Waals surface area contributed by atoms with Gasteiger partial charge in [0.1, 0.15) is 5.57 Å². The van der Waals surface area contributed by atoms with E-state index in [2.05, 4.69) is 0 Å². The first kappa shape index (κ1) is 16.8. The molecule has 4 fully saturated rings.